The fourth-order valence-corrected chi connectivity index (χ4v) is 6.59. The molecule has 2 heterocycles. The molecule has 0 bridgehead atoms. The average Bonchev–Trinajstić information content (AvgIpc) is 3.47. The van der Waals surface area contributed by atoms with Gasteiger partial charge < -0.3 is 24.6 Å². The molecule has 6 nitrogen and oxygen atoms in total. The van der Waals surface area contributed by atoms with Gasteiger partial charge in [-0.05, 0) is 90.4 Å². The second-order valence-corrected chi connectivity index (χ2v) is 13.3. The third-order valence-electron chi connectivity index (χ3n) is 9.80. The van der Waals surface area contributed by atoms with Crippen molar-refractivity contribution in [1.82, 2.24) is 4.90 Å². The molecule has 0 amide bonds. The van der Waals surface area contributed by atoms with Crippen LogP contribution >= 0.6 is 0 Å². The van der Waals surface area contributed by atoms with E-state index in [2.05, 4.69) is 30.9 Å². The van der Waals surface area contributed by atoms with Crippen molar-refractivity contribution in [1.29, 1.82) is 0 Å². The van der Waals surface area contributed by atoms with E-state index in [4.69, 9.17) is 9.47 Å². The largest absolute Gasteiger partial charge is 0.481 e. The lowest BCUT2D eigenvalue weighted by atomic mass is 9.82. The minimum absolute atomic E-state index is 0.00481. The lowest BCUT2D eigenvalue weighted by Crippen LogP contribution is -2.53. The second-order valence-electron chi connectivity index (χ2n) is 13.3. The van der Waals surface area contributed by atoms with E-state index in [1.54, 1.807) is 0 Å². The maximum absolute atomic E-state index is 13.0. The number of aliphatic hydroxyl groups is 2. The number of esters is 1. The molecule has 248 valence electrons. The Hall–Kier alpha value is -2.15. The highest BCUT2D eigenvalue weighted by Gasteiger charge is 2.39. The zero-order valence-electron chi connectivity index (χ0n) is 28.2. The number of aryl methyl sites for hydroxylation is 1. The van der Waals surface area contributed by atoms with Crippen LogP contribution in [-0.4, -0.2) is 52.4 Å². The first-order valence-corrected chi connectivity index (χ1v) is 17.7. The summed E-state index contributed by atoms with van der Waals surface area (Å²) in [5, 5.41) is 21.3. The van der Waals surface area contributed by atoms with Crippen molar-refractivity contribution in [3.05, 3.63) is 52.8 Å². The predicted octanol–water partition coefficient (Wildman–Crippen LogP) is 8.49. The fourth-order valence-electron chi connectivity index (χ4n) is 6.59. The standard InChI is InChI=1S/C38H61NO5/c1-5-6-7-8-9-10-11-12-13-14-15-16-17-18-19-21-36(41)43-34(24-26-38(42)25-20-27-39(4)31(38)3)35-28-33-30(2)22-23-32(29-40)37(33)44-35/h12-13,22-24,31,35,40,42H,5-11,14-21,25-29H2,1-4H3/b13-12-,34-24+/t31-,35-,38-/m1/s1. The van der Waals surface area contributed by atoms with E-state index in [0.29, 0.717) is 37.2 Å². The topological polar surface area (TPSA) is 79.2 Å². The van der Waals surface area contributed by atoms with Gasteiger partial charge in [-0.3, -0.25) is 4.79 Å². The van der Waals surface area contributed by atoms with Crippen molar-refractivity contribution < 1.29 is 24.5 Å². The van der Waals surface area contributed by atoms with Gasteiger partial charge >= 0.3 is 5.97 Å². The van der Waals surface area contributed by atoms with Crippen molar-refractivity contribution in [3.8, 4) is 5.75 Å². The fraction of sp³-hybridized carbons (Fsp3) is 0.711. The molecule has 3 rings (SSSR count). The van der Waals surface area contributed by atoms with Crippen LogP contribution < -0.4 is 4.74 Å². The van der Waals surface area contributed by atoms with Crippen molar-refractivity contribution in [2.75, 3.05) is 13.6 Å². The third kappa shape index (κ3) is 11.3. The van der Waals surface area contributed by atoms with Crippen LogP contribution in [0.1, 0.15) is 140 Å². The van der Waals surface area contributed by atoms with Gasteiger partial charge in [0.25, 0.3) is 0 Å². The number of fused-ring (bicyclic) bond motifs is 1. The summed E-state index contributed by atoms with van der Waals surface area (Å²) >= 11 is 0. The van der Waals surface area contributed by atoms with E-state index < -0.39 is 11.7 Å². The first kappa shape index (κ1) is 36.3. The van der Waals surface area contributed by atoms with Crippen LogP contribution in [0.3, 0.4) is 0 Å². The maximum atomic E-state index is 13.0. The van der Waals surface area contributed by atoms with Crippen LogP contribution in [0.25, 0.3) is 0 Å². The number of unbranched alkanes of at least 4 members (excludes halogenated alkanes) is 11. The maximum Gasteiger partial charge on any atom is 0.310 e. The number of nitrogens with zero attached hydrogens (tertiary/aromatic N) is 1. The van der Waals surface area contributed by atoms with Crippen molar-refractivity contribution in [2.45, 2.75) is 161 Å². The molecule has 0 aliphatic carbocycles. The Bertz CT molecular complexity index is 1070. The van der Waals surface area contributed by atoms with Crippen molar-refractivity contribution in [3.63, 3.8) is 0 Å². The smallest absolute Gasteiger partial charge is 0.310 e. The molecular weight excluding hydrogens is 550 g/mol. The Balaban J connectivity index is 1.45. The van der Waals surface area contributed by atoms with Crippen LogP contribution in [0.15, 0.2) is 36.1 Å². The van der Waals surface area contributed by atoms with Gasteiger partial charge in [0.2, 0.25) is 0 Å². The quantitative estimate of drug-likeness (QED) is 0.0666. The molecule has 0 radical (unpaired) electrons. The molecule has 1 aromatic carbocycles. The number of hydrogen-bond acceptors (Lipinski definition) is 6. The number of rotatable bonds is 20. The van der Waals surface area contributed by atoms with Gasteiger partial charge in [0.05, 0.1) is 12.2 Å². The van der Waals surface area contributed by atoms with Gasteiger partial charge in [0.15, 0.2) is 6.10 Å². The number of piperidine rings is 1. The number of allylic oxidation sites excluding steroid dienone is 2. The van der Waals surface area contributed by atoms with Gasteiger partial charge in [-0.15, -0.1) is 0 Å². The van der Waals surface area contributed by atoms with Gasteiger partial charge in [0, 0.05) is 30.0 Å². The number of carbonyl (C=O) groups excluding carboxylic acids is 1. The van der Waals surface area contributed by atoms with Crippen LogP contribution in [-0.2, 0) is 22.6 Å². The number of likely N-dealkylation sites (N-methyl/N-ethyl adjacent to an activating group) is 1. The van der Waals surface area contributed by atoms with Gasteiger partial charge in [0.1, 0.15) is 11.5 Å². The first-order chi connectivity index (χ1) is 21.3. The molecule has 1 aromatic rings. The molecular formula is C38H61NO5. The highest BCUT2D eigenvalue weighted by atomic mass is 16.6. The Morgan fingerprint density at radius 1 is 1.05 bits per heavy atom. The molecule has 0 spiro atoms. The molecule has 0 saturated carbocycles. The number of likely N-dealkylation sites (tertiary alicyclic amines) is 1. The van der Waals surface area contributed by atoms with Gasteiger partial charge in [-0.25, -0.2) is 0 Å². The number of aliphatic hydroxyl groups excluding tert-OH is 1. The summed E-state index contributed by atoms with van der Waals surface area (Å²) in [5.74, 6) is 0.936. The second kappa shape index (κ2) is 19.4. The van der Waals surface area contributed by atoms with E-state index in [1.807, 2.05) is 32.2 Å². The molecule has 3 atom stereocenters. The first-order valence-electron chi connectivity index (χ1n) is 17.7. The third-order valence-corrected chi connectivity index (χ3v) is 9.80. The Kier molecular flexibility index (Phi) is 16.0. The van der Waals surface area contributed by atoms with Crippen molar-refractivity contribution in [2.24, 2.45) is 0 Å². The van der Waals surface area contributed by atoms with E-state index in [1.165, 1.54) is 57.8 Å². The van der Waals surface area contributed by atoms with Crippen LogP contribution in [0, 0.1) is 6.92 Å². The molecule has 2 aliphatic rings. The summed E-state index contributed by atoms with van der Waals surface area (Å²) < 4.78 is 12.3. The summed E-state index contributed by atoms with van der Waals surface area (Å²) in [6, 6.07) is 3.90. The molecule has 44 heavy (non-hydrogen) atoms. The molecule has 2 aliphatic heterocycles. The van der Waals surface area contributed by atoms with E-state index in [9.17, 15) is 15.0 Å². The van der Waals surface area contributed by atoms with Crippen LogP contribution in [0.2, 0.25) is 0 Å². The summed E-state index contributed by atoms with van der Waals surface area (Å²) in [5.41, 5.74) is 2.00. The summed E-state index contributed by atoms with van der Waals surface area (Å²) in [6.45, 7) is 7.22. The minimum atomic E-state index is -0.883. The summed E-state index contributed by atoms with van der Waals surface area (Å²) in [6.07, 6.45) is 24.9. The highest BCUT2D eigenvalue weighted by molar-refractivity contribution is 5.70. The molecule has 0 unspecified atom stereocenters. The van der Waals surface area contributed by atoms with Crippen molar-refractivity contribution >= 4 is 5.97 Å². The summed E-state index contributed by atoms with van der Waals surface area (Å²) in [7, 11) is 2.04. The lowest BCUT2D eigenvalue weighted by Gasteiger charge is -2.43. The van der Waals surface area contributed by atoms with Crippen LogP contribution in [0.4, 0.5) is 0 Å². The molecule has 1 saturated heterocycles. The molecule has 6 heteroatoms. The minimum Gasteiger partial charge on any atom is -0.481 e. The van der Waals surface area contributed by atoms with Gasteiger partial charge in [-0.2, -0.15) is 0 Å². The molecule has 1 fully saturated rings. The number of benzene rings is 1. The predicted molar refractivity (Wildman–Crippen MR) is 180 cm³/mol. The Morgan fingerprint density at radius 3 is 2.39 bits per heavy atom. The van der Waals surface area contributed by atoms with Crippen LogP contribution in [0.5, 0.6) is 5.75 Å². The average molecular weight is 612 g/mol. The van der Waals surface area contributed by atoms with Gasteiger partial charge in [-0.1, -0.05) is 82.6 Å². The highest BCUT2D eigenvalue weighted by Crippen LogP contribution is 2.38. The Morgan fingerprint density at radius 2 is 1.70 bits per heavy atom. The number of hydrogen-bond donors (Lipinski definition) is 2. The Labute approximate surface area is 267 Å². The SMILES string of the molecule is CCCCCCCC/C=C\CCCCCCCC(=O)O/C(=C/C[C@]1(O)CCCN(C)[C@@H]1C)[C@H]1Cc2c(C)ccc(CO)c2O1. The molecule has 2 N–H and O–H groups in total. The monoisotopic (exact) mass is 611 g/mol. The zero-order valence-corrected chi connectivity index (χ0v) is 28.2. The lowest BCUT2D eigenvalue weighted by molar-refractivity contribution is -0.141. The number of carbonyl (C=O) groups is 1. The molecule has 0 aromatic heterocycles. The zero-order chi connectivity index (χ0) is 31.8. The normalized spacial score (nSPS) is 22.4. The number of ether oxygens (including phenoxy) is 2. The van der Waals surface area contributed by atoms with E-state index in [-0.39, 0.29) is 18.6 Å². The van der Waals surface area contributed by atoms with E-state index >= 15 is 0 Å². The van der Waals surface area contributed by atoms with E-state index in [0.717, 1.165) is 55.3 Å². The summed E-state index contributed by atoms with van der Waals surface area (Å²) in [4.78, 5) is 15.2.